The van der Waals surface area contributed by atoms with Gasteiger partial charge in [-0.15, -0.1) is 11.3 Å². The Labute approximate surface area is 103 Å². The molecule has 2 rings (SSSR count). The highest BCUT2D eigenvalue weighted by atomic mass is 32.1. The van der Waals surface area contributed by atoms with Gasteiger partial charge in [-0.1, -0.05) is 18.2 Å². The molecule has 0 aliphatic carbocycles. The van der Waals surface area contributed by atoms with Crippen molar-refractivity contribution < 1.29 is 9.53 Å². The van der Waals surface area contributed by atoms with E-state index in [0.717, 1.165) is 10.7 Å². The molecule has 0 bridgehead atoms. The highest BCUT2D eigenvalue weighted by molar-refractivity contribution is 7.09. The van der Waals surface area contributed by atoms with E-state index >= 15 is 0 Å². The van der Waals surface area contributed by atoms with E-state index in [1.54, 1.807) is 29.5 Å². The Balaban J connectivity index is 1.96. The molecule has 3 nitrogen and oxygen atoms in total. The average molecular weight is 245 g/mol. The lowest BCUT2D eigenvalue weighted by Crippen LogP contribution is -2.03. The van der Waals surface area contributed by atoms with E-state index in [1.807, 2.05) is 30.5 Å². The van der Waals surface area contributed by atoms with Gasteiger partial charge in [-0.25, -0.2) is 9.78 Å². The standard InChI is InChI=1S/C13H11NO2S/c1-10-14-11(9-17-10)7-8-13(15)16-12-5-3-2-4-6-12/h2-9H,1H3/b8-7+. The van der Waals surface area contributed by atoms with Crippen molar-refractivity contribution in [1.29, 1.82) is 0 Å². The van der Waals surface area contributed by atoms with Gasteiger partial charge in [0.1, 0.15) is 5.75 Å². The minimum atomic E-state index is -0.401. The lowest BCUT2D eigenvalue weighted by Gasteiger charge is -1.98. The van der Waals surface area contributed by atoms with Gasteiger partial charge in [0.05, 0.1) is 10.7 Å². The second-order valence-corrected chi connectivity index (χ2v) is 4.42. The molecule has 1 aromatic heterocycles. The van der Waals surface area contributed by atoms with Crippen LogP contribution in [0.3, 0.4) is 0 Å². The van der Waals surface area contributed by atoms with Crippen LogP contribution in [0, 0.1) is 6.92 Å². The molecule has 0 aliphatic heterocycles. The van der Waals surface area contributed by atoms with Crippen LogP contribution < -0.4 is 4.74 Å². The van der Waals surface area contributed by atoms with E-state index < -0.39 is 5.97 Å². The number of hydrogen-bond donors (Lipinski definition) is 0. The molecule has 0 N–H and O–H groups in total. The lowest BCUT2D eigenvalue weighted by atomic mass is 10.3. The van der Waals surface area contributed by atoms with E-state index in [0.29, 0.717) is 5.75 Å². The Bertz CT molecular complexity index is 531. The first-order valence-corrected chi connectivity index (χ1v) is 5.99. The van der Waals surface area contributed by atoms with Gasteiger partial charge in [-0.3, -0.25) is 0 Å². The lowest BCUT2D eigenvalue weighted by molar-refractivity contribution is -0.128. The van der Waals surface area contributed by atoms with Crippen molar-refractivity contribution in [2.75, 3.05) is 0 Å². The molecule has 86 valence electrons. The van der Waals surface area contributed by atoms with Gasteiger partial charge < -0.3 is 4.74 Å². The second-order valence-electron chi connectivity index (χ2n) is 3.36. The highest BCUT2D eigenvalue weighted by Gasteiger charge is 2.00. The topological polar surface area (TPSA) is 39.2 Å². The fourth-order valence-electron chi connectivity index (χ4n) is 1.25. The Kier molecular flexibility index (Phi) is 3.67. The Morgan fingerprint density at radius 1 is 1.35 bits per heavy atom. The van der Waals surface area contributed by atoms with Crippen LogP contribution in [0.2, 0.25) is 0 Å². The summed E-state index contributed by atoms with van der Waals surface area (Å²) < 4.78 is 5.09. The van der Waals surface area contributed by atoms with Gasteiger partial charge in [0, 0.05) is 11.5 Å². The SMILES string of the molecule is Cc1nc(/C=C/C(=O)Oc2ccccc2)cs1. The number of carbonyl (C=O) groups is 1. The monoisotopic (exact) mass is 245 g/mol. The maximum Gasteiger partial charge on any atom is 0.336 e. The van der Waals surface area contributed by atoms with E-state index in [1.165, 1.54) is 6.08 Å². The fraction of sp³-hybridized carbons (Fsp3) is 0.0769. The molecule has 17 heavy (non-hydrogen) atoms. The number of rotatable bonds is 3. The van der Waals surface area contributed by atoms with Crippen LogP contribution in [0.25, 0.3) is 6.08 Å². The number of aryl methyl sites for hydroxylation is 1. The van der Waals surface area contributed by atoms with Crippen LogP contribution in [-0.2, 0) is 4.79 Å². The largest absolute Gasteiger partial charge is 0.423 e. The minimum Gasteiger partial charge on any atom is -0.423 e. The van der Waals surface area contributed by atoms with Crippen LogP contribution in [0.4, 0.5) is 0 Å². The normalized spacial score (nSPS) is 10.6. The molecule has 4 heteroatoms. The molecule has 0 unspecified atom stereocenters. The van der Waals surface area contributed by atoms with E-state index in [-0.39, 0.29) is 0 Å². The third-order valence-electron chi connectivity index (χ3n) is 1.99. The molecule has 0 radical (unpaired) electrons. The van der Waals surface area contributed by atoms with Gasteiger partial charge >= 0.3 is 5.97 Å². The van der Waals surface area contributed by atoms with Crippen LogP contribution in [0.15, 0.2) is 41.8 Å². The van der Waals surface area contributed by atoms with Crippen LogP contribution >= 0.6 is 11.3 Å². The van der Waals surface area contributed by atoms with Crippen molar-refractivity contribution >= 4 is 23.4 Å². The molecule has 1 heterocycles. The molecule has 0 fully saturated rings. The summed E-state index contributed by atoms with van der Waals surface area (Å²) in [4.78, 5) is 15.7. The maximum atomic E-state index is 11.5. The predicted octanol–water partition coefficient (Wildman–Crippen LogP) is 3.07. The molecule has 0 amide bonds. The Morgan fingerprint density at radius 3 is 2.76 bits per heavy atom. The fourth-order valence-corrected chi connectivity index (χ4v) is 1.83. The summed E-state index contributed by atoms with van der Waals surface area (Å²) in [7, 11) is 0. The molecule has 0 saturated heterocycles. The number of carbonyl (C=O) groups excluding carboxylic acids is 1. The van der Waals surface area contributed by atoms with Gasteiger partial charge in [0.15, 0.2) is 0 Å². The Hall–Kier alpha value is -1.94. The van der Waals surface area contributed by atoms with E-state index in [9.17, 15) is 4.79 Å². The quantitative estimate of drug-likeness (QED) is 0.474. The van der Waals surface area contributed by atoms with Gasteiger partial charge in [-0.2, -0.15) is 0 Å². The van der Waals surface area contributed by atoms with Crippen molar-refractivity contribution in [3.05, 3.63) is 52.5 Å². The zero-order valence-electron chi connectivity index (χ0n) is 9.29. The number of esters is 1. The van der Waals surface area contributed by atoms with E-state index in [2.05, 4.69) is 4.98 Å². The molecular weight excluding hydrogens is 234 g/mol. The van der Waals surface area contributed by atoms with Gasteiger partial charge in [0.2, 0.25) is 0 Å². The first kappa shape index (κ1) is 11.5. The molecule has 2 aromatic rings. The van der Waals surface area contributed by atoms with Crippen molar-refractivity contribution in [2.45, 2.75) is 6.92 Å². The molecule has 0 saturated carbocycles. The number of benzene rings is 1. The van der Waals surface area contributed by atoms with E-state index in [4.69, 9.17) is 4.74 Å². The summed E-state index contributed by atoms with van der Waals surface area (Å²) in [6, 6.07) is 8.97. The van der Waals surface area contributed by atoms with Gasteiger partial charge in [0.25, 0.3) is 0 Å². The molecule has 1 aromatic carbocycles. The third kappa shape index (κ3) is 3.53. The number of aromatic nitrogens is 1. The molecule has 0 spiro atoms. The summed E-state index contributed by atoms with van der Waals surface area (Å²) in [5, 5.41) is 2.86. The first-order chi connectivity index (χ1) is 8.24. The average Bonchev–Trinajstić information content (AvgIpc) is 2.74. The maximum absolute atomic E-state index is 11.5. The number of hydrogen-bond acceptors (Lipinski definition) is 4. The second kappa shape index (κ2) is 5.41. The van der Waals surface area contributed by atoms with Crippen molar-refractivity contribution in [1.82, 2.24) is 4.98 Å². The zero-order valence-corrected chi connectivity index (χ0v) is 10.1. The Morgan fingerprint density at radius 2 is 2.12 bits per heavy atom. The molecule has 0 atom stereocenters. The molecule has 0 aliphatic rings. The summed E-state index contributed by atoms with van der Waals surface area (Å²) in [6.45, 7) is 1.92. The van der Waals surface area contributed by atoms with Crippen LogP contribution in [-0.4, -0.2) is 11.0 Å². The summed E-state index contributed by atoms with van der Waals surface area (Å²) in [6.07, 6.45) is 3.02. The smallest absolute Gasteiger partial charge is 0.336 e. The number of para-hydroxylation sites is 1. The summed E-state index contributed by atoms with van der Waals surface area (Å²) in [5.74, 6) is 0.137. The third-order valence-corrected chi connectivity index (χ3v) is 2.78. The van der Waals surface area contributed by atoms with Crippen LogP contribution in [0.5, 0.6) is 5.75 Å². The van der Waals surface area contributed by atoms with Crippen LogP contribution in [0.1, 0.15) is 10.7 Å². The van der Waals surface area contributed by atoms with Crippen molar-refractivity contribution in [3.8, 4) is 5.75 Å². The molecular formula is C13H11NO2S. The van der Waals surface area contributed by atoms with Crippen molar-refractivity contribution in [3.63, 3.8) is 0 Å². The first-order valence-electron chi connectivity index (χ1n) is 5.11. The summed E-state index contributed by atoms with van der Waals surface area (Å²) in [5.41, 5.74) is 0.775. The predicted molar refractivity (Wildman–Crippen MR) is 68.0 cm³/mol. The number of ether oxygens (including phenoxy) is 1. The number of thiazole rings is 1. The summed E-state index contributed by atoms with van der Waals surface area (Å²) >= 11 is 1.55. The zero-order chi connectivity index (χ0) is 12.1. The minimum absolute atomic E-state index is 0.401. The van der Waals surface area contributed by atoms with Crippen molar-refractivity contribution in [2.24, 2.45) is 0 Å². The highest BCUT2D eigenvalue weighted by Crippen LogP contribution is 2.11. The number of nitrogens with zero attached hydrogens (tertiary/aromatic N) is 1. The van der Waals surface area contributed by atoms with Gasteiger partial charge in [-0.05, 0) is 25.1 Å².